The van der Waals surface area contributed by atoms with Crippen molar-refractivity contribution in [3.05, 3.63) is 27.2 Å². The number of nitro groups is 1. The van der Waals surface area contributed by atoms with E-state index in [4.69, 9.17) is 10.5 Å². The van der Waals surface area contributed by atoms with Crippen molar-refractivity contribution in [2.45, 2.75) is 26.4 Å². The van der Waals surface area contributed by atoms with Crippen molar-refractivity contribution in [1.82, 2.24) is 5.32 Å². The zero-order valence-electron chi connectivity index (χ0n) is 13.1. The fourth-order valence-electron chi connectivity index (χ4n) is 1.67. The Kier molecular flexibility index (Phi) is 5.82. The number of benzene rings is 1. The molecule has 0 radical (unpaired) electrons. The van der Waals surface area contributed by atoms with Crippen molar-refractivity contribution in [3.63, 3.8) is 0 Å². The van der Waals surface area contributed by atoms with Crippen LogP contribution in [0.3, 0.4) is 0 Å². The molecule has 10 heteroatoms. The Morgan fingerprint density at radius 2 is 2.04 bits per heavy atom. The number of alkyl carbamates (subject to hydrolysis) is 1. The molecule has 4 N–H and O–H groups in total. The number of anilines is 2. The molecule has 0 fully saturated rings. The van der Waals surface area contributed by atoms with E-state index in [0.717, 1.165) is 0 Å². The van der Waals surface area contributed by atoms with Gasteiger partial charge in [-0.15, -0.1) is 4.91 Å². The Hall–Kier alpha value is -2.91. The summed E-state index contributed by atoms with van der Waals surface area (Å²) in [6, 6.07) is 2.51. The third kappa shape index (κ3) is 5.41. The van der Waals surface area contributed by atoms with Gasteiger partial charge in [-0.1, -0.05) is 0 Å². The van der Waals surface area contributed by atoms with Crippen LogP contribution in [-0.2, 0) is 4.74 Å². The fourth-order valence-corrected chi connectivity index (χ4v) is 1.67. The van der Waals surface area contributed by atoms with Crippen molar-refractivity contribution >= 4 is 28.8 Å². The first-order valence-electron chi connectivity index (χ1n) is 6.76. The quantitative estimate of drug-likeness (QED) is 0.239. The van der Waals surface area contributed by atoms with Crippen LogP contribution in [0.4, 0.5) is 27.5 Å². The van der Waals surface area contributed by atoms with Crippen LogP contribution in [0.1, 0.15) is 20.8 Å². The van der Waals surface area contributed by atoms with E-state index in [1.807, 2.05) is 0 Å². The lowest BCUT2D eigenvalue weighted by Gasteiger charge is -2.19. The lowest BCUT2D eigenvalue weighted by atomic mass is 10.2. The first kappa shape index (κ1) is 18.1. The van der Waals surface area contributed by atoms with Gasteiger partial charge in [-0.3, -0.25) is 10.1 Å². The van der Waals surface area contributed by atoms with E-state index in [-0.39, 0.29) is 30.2 Å². The normalized spacial score (nSPS) is 10.7. The first-order chi connectivity index (χ1) is 10.7. The average molecular weight is 325 g/mol. The van der Waals surface area contributed by atoms with E-state index in [2.05, 4.69) is 15.8 Å². The smallest absolute Gasteiger partial charge is 0.407 e. The fraction of sp³-hybridized carbons (Fsp3) is 0.462. The number of hydrogen-bond donors (Lipinski definition) is 3. The molecular formula is C13H19N5O5. The van der Waals surface area contributed by atoms with Crippen LogP contribution in [0.2, 0.25) is 0 Å². The van der Waals surface area contributed by atoms with E-state index in [1.165, 1.54) is 12.1 Å². The van der Waals surface area contributed by atoms with Crippen molar-refractivity contribution < 1.29 is 14.5 Å². The van der Waals surface area contributed by atoms with Crippen molar-refractivity contribution in [2.75, 3.05) is 24.1 Å². The number of carbonyl (C=O) groups excluding carboxylic acids is 1. The van der Waals surface area contributed by atoms with E-state index in [9.17, 15) is 19.8 Å². The molecule has 1 rings (SSSR count). The Bertz CT molecular complexity index is 612. The highest BCUT2D eigenvalue weighted by atomic mass is 16.6. The average Bonchev–Trinajstić information content (AvgIpc) is 2.41. The van der Waals surface area contributed by atoms with Crippen LogP contribution in [0.5, 0.6) is 0 Å². The van der Waals surface area contributed by atoms with E-state index in [0.29, 0.717) is 0 Å². The third-order valence-electron chi connectivity index (χ3n) is 2.59. The number of ether oxygens (including phenoxy) is 1. The molecule has 1 amide bonds. The topological polar surface area (TPSA) is 149 Å². The lowest BCUT2D eigenvalue weighted by Crippen LogP contribution is -2.35. The summed E-state index contributed by atoms with van der Waals surface area (Å²) in [4.78, 5) is 32.3. The number of nitro benzene ring substituents is 1. The minimum atomic E-state index is -0.697. The van der Waals surface area contributed by atoms with Gasteiger partial charge in [-0.2, -0.15) is 0 Å². The molecule has 1 aromatic rings. The van der Waals surface area contributed by atoms with E-state index < -0.39 is 22.3 Å². The largest absolute Gasteiger partial charge is 0.444 e. The monoisotopic (exact) mass is 325 g/mol. The zero-order valence-corrected chi connectivity index (χ0v) is 13.1. The van der Waals surface area contributed by atoms with E-state index in [1.54, 1.807) is 20.8 Å². The highest BCUT2D eigenvalue weighted by Gasteiger charge is 2.19. The number of nitrogens with zero attached hydrogens (tertiary/aromatic N) is 2. The van der Waals surface area contributed by atoms with Gasteiger partial charge in [0, 0.05) is 19.2 Å². The Morgan fingerprint density at radius 1 is 1.39 bits per heavy atom. The van der Waals surface area contributed by atoms with Gasteiger partial charge in [0.25, 0.3) is 5.69 Å². The number of nitroso groups, excluding NO2 is 1. The molecule has 0 aliphatic rings. The van der Waals surface area contributed by atoms with Crippen molar-refractivity contribution in [1.29, 1.82) is 0 Å². The van der Waals surface area contributed by atoms with Gasteiger partial charge in [0.1, 0.15) is 11.3 Å². The predicted octanol–water partition coefficient (Wildman–Crippen LogP) is 2.51. The summed E-state index contributed by atoms with van der Waals surface area (Å²) in [6.45, 7) is 5.69. The van der Waals surface area contributed by atoms with E-state index >= 15 is 0 Å². The Morgan fingerprint density at radius 3 is 2.57 bits per heavy atom. The summed E-state index contributed by atoms with van der Waals surface area (Å²) in [5.41, 5.74) is 4.26. The second kappa shape index (κ2) is 7.38. The number of amides is 1. The predicted molar refractivity (Wildman–Crippen MR) is 85.7 cm³/mol. The first-order valence-corrected chi connectivity index (χ1v) is 6.76. The molecule has 0 spiro atoms. The molecular weight excluding hydrogens is 306 g/mol. The summed E-state index contributed by atoms with van der Waals surface area (Å²) in [6.07, 6.45) is -0.573. The molecule has 0 aliphatic heterocycles. The molecule has 10 nitrogen and oxygen atoms in total. The summed E-state index contributed by atoms with van der Waals surface area (Å²) < 4.78 is 5.05. The molecule has 0 saturated heterocycles. The van der Waals surface area contributed by atoms with Crippen LogP contribution in [0.15, 0.2) is 17.3 Å². The number of nitrogen functional groups attached to an aromatic ring is 1. The summed E-state index contributed by atoms with van der Waals surface area (Å²) in [7, 11) is 0. The number of hydrogen-bond acceptors (Lipinski definition) is 8. The van der Waals surface area contributed by atoms with Crippen LogP contribution in [0.25, 0.3) is 0 Å². The maximum absolute atomic E-state index is 11.4. The van der Waals surface area contributed by atoms with Crippen LogP contribution in [0, 0.1) is 15.0 Å². The minimum absolute atomic E-state index is 0.212. The SMILES string of the molecule is CC(C)(C)OC(=O)NCCNc1ccc([N+](=O)[O-])c(N)c1N=O. The summed E-state index contributed by atoms with van der Waals surface area (Å²) >= 11 is 0. The molecule has 0 saturated carbocycles. The van der Waals surface area contributed by atoms with Crippen LogP contribution >= 0.6 is 0 Å². The molecule has 0 bridgehead atoms. The highest BCUT2D eigenvalue weighted by molar-refractivity contribution is 5.84. The molecule has 0 aromatic heterocycles. The third-order valence-corrected chi connectivity index (χ3v) is 2.59. The van der Waals surface area contributed by atoms with Crippen LogP contribution < -0.4 is 16.4 Å². The Balaban J connectivity index is 2.62. The van der Waals surface area contributed by atoms with Crippen LogP contribution in [-0.4, -0.2) is 29.7 Å². The second-order valence-corrected chi connectivity index (χ2v) is 5.60. The number of rotatable bonds is 6. The van der Waals surface area contributed by atoms with Crippen molar-refractivity contribution in [2.24, 2.45) is 5.18 Å². The lowest BCUT2D eigenvalue weighted by molar-refractivity contribution is -0.383. The molecule has 23 heavy (non-hydrogen) atoms. The van der Waals surface area contributed by atoms with Gasteiger partial charge in [0.15, 0.2) is 5.69 Å². The summed E-state index contributed by atoms with van der Waals surface area (Å²) in [5.74, 6) is 0. The van der Waals surface area contributed by atoms with Gasteiger partial charge in [-0.25, -0.2) is 4.79 Å². The molecule has 0 heterocycles. The maximum Gasteiger partial charge on any atom is 0.407 e. The standard InChI is InChI=1S/C13H19N5O5/c1-13(2,3)23-12(19)16-7-6-15-8-4-5-9(18(21)22)10(14)11(8)17-20/h4-5,15H,6-7,14H2,1-3H3,(H,16,19). The van der Waals surface area contributed by atoms with Crippen molar-refractivity contribution in [3.8, 4) is 0 Å². The van der Waals surface area contributed by atoms with Gasteiger partial charge in [0.05, 0.1) is 10.6 Å². The minimum Gasteiger partial charge on any atom is -0.444 e. The number of carbonyl (C=O) groups is 1. The zero-order chi connectivity index (χ0) is 17.6. The molecule has 0 unspecified atom stereocenters. The molecule has 0 atom stereocenters. The van der Waals surface area contributed by atoms with Gasteiger partial charge in [-0.05, 0) is 32.0 Å². The maximum atomic E-state index is 11.4. The summed E-state index contributed by atoms with van der Waals surface area (Å²) in [5, 5.41) is 18.8. The number of nitrogens with two attached hydrogens (primary N) is 1. The molecule has 126 valence electrons. The number of nitrogens with one attached hydrogen (secondary N) is 2. The van der Waals surface area contributed by atoms with Gasteiger partial charge < -0.3 is 21.1 Å². The van der Waals surface area contributed by atoms with Gasteiger partial charge in [0.2, 0.25) is 0 Å². The van der Waals surface area contributed by atoms with Gasteiger partial charge >= 0.3 is 6.09 Å². The Labute approximate surface area is 132 Å². The highest BCUT2D eigenvalue weighted by Crippen LogP contribution is 2.37. The molecule has 1 aromatic carbocycles. The second-order valence-electron chi connectivity index (χ2n) is 5.60. The molecule has 0 aliphatic carbocycles.